The van der Waals surface area contributed by atoms with Crippen molar-refractivity contribution >= 4 is 103 Å². The number of hydrogen-bond donors (Lipinski definition) is 2. The number of likely N-dealkylation sites (N-methyl/N-ethyl adjacent to an activating group) is 1. The number of para-hydroxylation sites is 3. The second-order valence-electron chi connectivity index (χ2n) is 28.5. The molecule has 6 aromatic carbocycles. The third kappa shape index (κ3) is 16.8. The average molecular weight is 1630 g/mol. The van der Waals surface area contributed by atoms with E-state index >= 15 is 0 Å². The zero-order chi connectivity index (χ0) is 82.3. The number of pyridine rings is 3. The van der Waals surface area contributed by atoms with Gasteiger partial charge in [-0.2, -0.15) is 15.3 Å². The largest absolute Gasteiger partial charge is 0.487 e. The van der Waals surface area contributed by atoms with E-state index in [1.807, 2.05) is 84.3 Å². The van der Waals surface area contributed by atoms with Crippen molar-refractivity contribution in [3.63, 3.8) is 0 Å². The molecule has 0 spiro atoms. The number of carbonyl (C=O) groups excluding carboxylic acids is 6. The molecular weight excluding hydrogens is 1550 g/mol. The monoisotopic (exact) mass is 1630 g/mol. The minimum atomic E-state index is -0.688. The van der Waals surface area contributed by atoms with Crippen molar-refractivity contribution < 1.29 is 60.5 Å². The molecule has 0 saturated carbocycles. The molecule has 3 fully saturated rings. The number of fused-ring (bicyclic) bond motifs is 3. The molecule has 3 aliphatic heterocycles. The number of piperazine rings is 3. The molecule has 0 aliphatic carbocycles. The summed E-state index contributed by atoms with van der Waals surface area (Å²) < 4.78 is 80.6. The van der Waals surface area contributed by atoms with Gasteiger partial charge in [-0.3, -0.25) is 28.8 Å². The van der Waals surface area contributed by atoms with Gasteiger partial charge in [0.25, 0.3) is 0 Å². The third-order valence-electron chi connectivity index (χ3n) is 20.4. The van der Waals surface area contributed by atoms with Gasteiger partial charge >= 0.3 is 35.4 Å². The normalized spacial score (nSPS) is 16.6. The van der Waals surface area contributed by atoms with Crippen LogP contribution in [0.15, 0.2) is 134 Å². The van der Waals surface area contributed by atoms with E-state index in [0.717, 1.165) is 39.5 Å². The molecule has 9 heterocycles. The smallest absolute Gasteiger partial charge is 0.312 e. The van der Waals surface area contributed by atoms with Gasteiger partial charge in [0, 0.05) is 120 Å². The topological polar surface area (TPSA) is 285 Å². The lowest BCUT2D eigenvalue weighted by atomic mass is 9.98. The molecular formula is C82H78Cl3F4N17O9. The van der Waals surface area contributed by atoms with E-state index in [4.69, 9.17) is 59.0 Å². The van der Waals surface area contributed by atoms with E-state index < -0.39 is 76.8 Å². The molecule has 594 valence electrons. The Bertz CT molecular complexity index is 5630. The van der Waals surface area contributed by atoms with E-state index in [-0.39, 0.29) is 66.1 Å². The molecule has 0 bridgehead atoms. The lowest BCUT2D eigenvalue weighted by Gasteiger charge is -2.40. The Kier molecular flexibility index (Phi) is 23.6. The summed E-state index contributed by atoms with van der Waals surface area (Å²) in [6.07, 6.45) is 5.39. The zero-order valence-corrected chi connectivity index (χ0v) is 66.7. The number of amides is 6. The summed E-state index contributed by atoms with van der Waals surface area (Å²) in [5.74, 6) is -3.28. The van der Waals surface area contributed by atoms with Crippen molar-refractivity contribution in [2.45, 2.75) is 118 Å². The second kappa shape index (κ2) is 33.5. The molecule has 26 nitrogen and oxygen atoms in total. The van der Waals surface area contributed by atoms with Gasteiger partial charge in [0.2, 0.25) is 0 Å². The van der Waals surface area contributed by atoms with E-state index in [0.29, 0.717) is 102 Å². The zero-order valence-electron chi connectivity index (χ0n) is 64.4. The first-order chi connectivity index (χ1) is 54.8. The molecule has 33 heteroatoms. The maximum atomic E-state index is 14.5. The Labute approximate surface area is 672 Å². The van der Waals surface area contributed by atoms with Crippen molar-refractivity contribution in [3.05, 3.63) is 223 Å². The van der Waals surface area contributed by atoms with Gasteiger partial charge in [0.15, 0.2) is 17.5 Å². The van der Waals surface area contributed by atoms with Crippen LogP contribution in [-0.2, 0) is 62.7 Å². The highest BCUT2D eigenvalue weighted by molar-refractivity contribution is 6.37. The van der Waals surface area contributed by atoms with Gasteiger partial charge in [-0.1, -0.05) is 71.2 Å². The van der Waals surface area contributed by atoms with Crippen LogP contribution in [0.3, 0.4) is 0 Å². The highest BCUT2D eigenvalue weighted by Crippen LogP contribution is 2.41. The number of hydrogen-bond acceptors (Lipinski definition) is 17. The van der Waals surface area contributed by atoms with Crippen LogP contribution >= 0.6 is 34.8 Å². The van der Waals surface area contributed by atoms with E-state index in [9.17, 15) is 46.3 Å². The van der Waals surface area contributed by atoms with Crippen molar-refractivity contribution in [1.29, 1.82) is 0 Å². The summed E-state index contributed by atoms with van der Waals surface area (Å²) >= 11 is 19.5. The maximum absolute atomic E-state index is 14.5. The Morgan fingerprint density at radius 3 is 1.22 bits per heavy atom. The van der Waals surface area contributed by atoms with Crippen molar-refractivity contribution in [1.82, 2.24) is 84.5 Å². The number of benzene rings is 6. The minimum absolute atomic E-state index is 0.00338. The van der Waals surface area contributed by atoms with Crippen molar-refractivity contribution in [2.24, 2.45) is 14.1 Å². The first kappa shape index (κ1) is 80.9. The molecule has 15 rings (SSSR count). The molecule has 115 heavy (non-hydrogen) atoms. The van der Waals surface area contributed by atoms with Crippen LogP contribution in [0.2, 0.25) is 15.1 Å². The third-order valence-corrected chi connectivity index (χ3v) is 21.4. The number of aryl methyl sites for hydroxylation is 5. The lowest BCUT2D eigenvalue weighted by molar-refractivity contribution is -0.159. The van der Waals surface area contributed by atoms with Gasteiger partial charge in [-0.25, -0.2) is 56.5 Å². The van der Waals surface area contributed by atoms with Crippen LogP contribution in [-0.4, -0.2) is 154 Å². The predicted octanol–water partition coefficient (Wildman–Crippen LogP) is 13.2. The van der Waals surface area contributed by atoms with Crippen molar-refractivity contribution in [3.8, 4) is 45.7 Å². The van der Waals surface area contributed by atoms with Gasteiger partial charge < -0.3 is 44.4 Å². The number of nitrogens with one attached hydrogen (secondary N) is 2. The molecule has 6 aromatic heterocycles. The van der Waals surface area contributed by atoms with Gasteiger partial charge in [0.1, 0.15) is 83.7 Å². The molecule has 6 atom stereocenters. The van der Waals surface area contributed by atoms with Gasteiger partial charge in [0.05, 0.1) is 51.3 Å². The summed E-state index contributed by atoms with van der Waals surface area (Å²) in [4.78, 5) is 103. The Morgan fingerprint density at radius 2 is 0.843 bits per heavy atom. The first-order valence-electron chi connectivity index (χ1n) is 36.6. The fourth-order valence-electron chi connectivity index (χ4n) is 14.5. The Balaban J connectivity index is 0.000000150. The van der Waals surface area contributed by atoms with E-state index in [2.05, 4.69) is 40.9 Å². The fourth-order valence-corrected chi connectivity index (χ4v) is 15.3. The van der Waals surface area contributed by atoms with E-state index in [1.165, 1.54) is 79.5 Å². The quantitative estimate of drug-likeness (QED) is 0.0596. The highest BCUT2D eigenvalue weighted by atomic mass is 35.5. The van der Waals surface area contributed by atoms with Gasteiger partial charge in [-0.15, -0.1) is 0 Å². The average Bonchev–Trinajstić information content (AvgIpc) is 1.77. The summed E-state index contributed by atoms with van der Waals surface area (Å²) in [5.41, 5.74) is 9.28. The second-order valence-corrected chi connectivity index (χ2v) is 29.7. The fraction of sp³-hybridized carbons (Fsp3) is 0.293. The molecule has 3 saturated heterocycles. The molecule has 0 unspecified atom stereocenters. The number of carbonyl (C=O) groups is 6. The van der Waals surface area contributed by atoms with Crippen LogP contribution in [0.4, 0.5) is 17.6 Å². The Morgan fingerprint density at radius 1 is 0.470 bits per heavy atom. The predicted molar refractivity (Wildman–Crippen MR) is 422 cm³/mol. The number of nitrogens with zero attached hydrogens (tertiary/aromatic N) is 15. The molecule has 12 aromatic rings. The maximum Gasteiger partial charge on any atom is 0.312 e. The SMILES string of the molecule is Cc1cc(-c2ncnn2C)c2cccc(OCc3c(Cl)cc(F)cc3[C@H](C)N3C[C@@H](C)NC(=O)C3=O)c2n1.Cc1cc(-c2ncnn2C)c2cccc(OCc3c(Cl)cc(F)cc3[C@H](C)N3C[C@H](C)NC(=O)C3=O)c2n1.Cc1cc(-n2cc(F)cn2)c2cccc(OCc3c(Cl)cc(F)cc3[C@H](C)N3C[C@@H](C)N(C)C(=O)C3=O)c2n1. The van der Waals surface area contributed by atoms with Crippen molar-refractivity contribution in [2.75, 3.05) is 26.7 Å². The van der Waals surface area contributed by atoms with Crippen LogP contribution < -0.4 is 24.8 Å². The molecule has 2 N–H and O–H groups in total. The Hall–Kier alpha value is -12.2. The number of rotatable bonds is 18. The standard InChI is InChI=1S/C28H26ClF2N5O3.2C27H26ClFN6O3/c1-15-8-24(36-13-19(31)11-32-36)20-6-5-7-25(26(20)33-15)39-14-22-21(9-18(30)10-23(22)29)17(3)35-12-16(2)34(4)27(37)28(35)38;2*1-14-8-20(25-30-13-31-34(25)4)18-6-5-7-23(24(18)32-14)38-12-21-19(9-17(29)10-22(21)28)16(3)35-11-15(2)33-26(36)27(35)37/h5-11,13,16-17H,12,14H2,1-4H3;2*5-10,13,15-16H,11-12H2,1-4H3,(H,33,36)/t16-,17+;15-,16+;15-,16-/m110/s1. The van der Waals surface area contributed by atoms with Crippen LogP contribution in [0, 0.1) is 44.0 Å². The summed E-state index contributed by atoms with van der Waals surface area (Å²) in [7, 11) is 5.22. The summed E-state index contributed by atoms with van der Waals surface area (Å²) in [6, 6.07) is 27.3. The van der Waals surface area contributed by atoms with Crippen LogP contribution in [0.25, 0.3) is 61.2 Å². The van der Waals surface area contributed by atoms with Crippen LogP contribution in [0.1, 0.15) is 110 Å². The first-order valence-corrected chi connectivity index (χ1v) is 37.7. The summed E-state index contributed by atoms with van der Waals surface area (Å²) in [6.45, 7) is 17.1. The number of ether oxygens (including phenoxy) is 3. The lowest BCUT2D eigenvalue weighted by Crippen LogP contribution is -2.57. The van der Waals surface area contributed by atoms with Crippen LogP contribution in [0.5, 0.6) is 17.2 Å². The molecule has 6 amide bonds. The number of halogens is 7. The number of aromatic nitrogens is 11. The minimum Gasteiger partial charge on any atom is -0.487 e. The van der Waals surface area contributed by atoms with E-state index in [1.54, 1.807) is 81.4 Å². The highest BCUT2D eigenvalue weighted by Gasteiger charge is 2.40. The van der Waals surface area contributed by atoms with Gasteiger partial charge in [-0.05, 0) is 152 Å². The summed E-state index contributed by atoms with van der Waals surface area (Å²) in [5, 5.41) is 20.5. The molecule has 0 radical (unpaired) electrons. The molecule has 3 aliphatic rings.